The lowest BCUT2D eigenvalue weighted by atomic mass is 10.0. The second-order valence-electron chi connectivity index (χ2n) is 7.34. The van der Waals surface area contributed by atoms with Crippen LogP contribution in [0.25, 0.3) is 0 Å². The third-order valence-corrected chi connectivity index (χ3v) is 4.97. The summed E-state index contributed by atoms with van der Waals surface area (Å²) in [5.41, 5.74) is 0. The molecule has 0 amide bonds. The van der Waals surface area contributed by atoms with Gasteiger partial charge in [0.1, 0.15) is 0 Å². The summed E-state index contributed by atoms with van der Waals surface area (Å²) in [6.45, 7) is 2.28. The predicted octanol–water partition coefficient (Wildman–Crippen LogP) is 6.09. The van der Waals surface area contributed by atoms with E-state index in [1.807, 2.05) is 0 Å². The molecule has 0 fully saturated rings. The molecule has 2 nitrogen and oxygen atoms in total. The van der Waals surface area contributed by atoms with Crippen LogP contribution in [0.5, 0.6) is 0 Å². The average molecular weight is 389 g/mol. The molecule has 0 heterocycles. The minimum atomic E-state index is -0.450. The van der Waals surface area contributed by atoms with Gasteiger partial charge in [-0.2, -0.15) is 0 Å². The molecule has 0 aliphatic rings. The molecule has 4 heteroatoms. The lowest BCUT2D eigenvalue weighted by molar-refractivity contribution is 0.164. The van der Waals surface area contributed by atoms with Crippen LogP contribution in [0.4, 0.5) is 0 Å². The lowest BCUT2D eigenvalue weighted by Crippen LogP contribution is -2.11. The Kier molecular flexibility index (Phi) is 24.8. The molecule has 0 aromatic heterocycles. The first-order valence-corrected chi connectivity index (χ1v) is 11.0. The molecule has 0 aromatic carbocycles. The molecule has 2 N–H and O–H groups in total. The van der Waals surface area contributed by atoms with Crippen LogP contribution in [0.15, 0.2) is 0 Å². The summed E-state index contributed by atoms with van der Waals surface area (Å²) >= 11 is 4.58. The van der Waals surface area contributed by atoms with E-state index in [0.717, 1.165) is 12.8 Å². The molecule has 0 aliphatic carbocycles. The van der Waals surface area contributed by atoms with E-state index in [1.165, 1.54) is 96.3 Å². The smallest absolute Gasteiger partial charge is 0.187 e. The van der Waals surface area contributed by atoms with Gasteiger partial charge in [0.25, 0.3) is 0 Å². The van der Waals surface area contributed by atoms with E-state index >= 15 is 0 Å². The van der Waals surface area contributed by atoms with Crippen molar-refractivity contribution in [2.75, 3.05) is 0 Å². The van der Waals surface area contributed by atoms with Crippen molar-refractivity contribution < 1.29 is 10.2 Å². The fourth-order valence-corrected chi connectivity index (χ4v) is 3.42. The second kappa shape index (κ2) is 22.4. The molecule has 0 spiro atoms. The predicted molar refractivity (Wildman–Crippen MR) is 120 cm³/mol. The van der Waals surface area contributed by atoms with E-state index in [4.69, 9.17) is 5.11 Å². The Hall–Kier alpha value is 0.382. The van der Waals surface area contributed by atoms with Gasteiger partial charge in [0.15, 0.2) is 22.4 Å². The zero-order valence-electron chi connectivity index (χ0n) is 16.1. The van der Waals surface area contributed by atoms with Crippen molar-refractivity contribution in [3.05, 3.63) is 0 Å². The monoisotopic (exact) mass is 388 g/mol. The fraction of sp³-hybridized carbons (Fsp3) is 0.952. The van der Waals surface area contributed by atoms with Crippen LogP contribution in [0.1, 0.15) is 122 Å². The van der Waals surface area contributed by atoms with Crippen molar-refractivity contribution in [1.29, 1.82) is 0 Å². The first-order chi connectivity index (χ1) is 11.7. The Bertz CT molecular complexity index is 275. The largest absolute Gasteiger partial charge is 0.502 e. The van der Waals surface area contributed by atoms with Gasteiger partial charge in [0, 0.05) is 6.42 Å². The average Bonchev–Trinajstić information content (AvgIpc) is 2.53. The number of rotatable bonds is 19. The number of hydrogen-bond acceptors (Lipinski definition) is 2. The molecule has 150 valence electrons. The molecule has 0 bridgehead atoms. The minimum Gasteiger partial charge on any atom is -0.502 e. The summed E-state index contributed by atoms with van der Waals surface area (Å²) in [4.78, 5) is 0. The molecule has 0 aliphatic heterocycles. The first-order valence-electron chi connectivity index (χ1n) is 10.6. The zero-order chi connectivity index (χ0) is 17.9. The van der Waals surface area contributed by atoms with Crippen LogP contribution >= 0.6 is 12.2 Å². The zero-order valence-corrected chi connectivity index (χ0v) is 16.9. The molecule has 1 unspecified atom stereocenters. The summed E-state index contributed by atoms with van der Waals surface area (Å²) in [6.07, 6.45) is 22.4. The van der Waals surface area contributed by atoms with E-state index < -0.39 is 6.10 Å². The Labute approximate surface area is 173 Å². The van der Waals surface area contributed by atoms with Gasteiger partial charge < -0.3 is 10.2 Å². The first kappa shape index (κ1) is 27.6. The molecule has 0 aromatic rings. The number of aliphatic hydroxyl groups is 2. The van der Waals surface area contributed by atoms with Gasteiger partial charge in [0.2, 0.25) is 0 Å². The summed E-state index contributed by atoms with van der Waals surface area (Å²) in [6, 6.07) is 0. The number of thiocarbonyl (C=S) groups is 1. The molecule has 1 atom stereocenters. The van der Waals surface area contributed by atoms with Crippen molar-refractivity contribution in [2.45, 2.75) is 129 Å². The summed E-state index contributed by atoms with van der Waals surface area (Å²) in [5, 5.41) is 18.4. The Morgan fingerprint density at radius 3 is 1.32 bits per heavy atom. The molecule has 0 radical (unpaired) electrons. The van der Waals surface area contributed by atoms with E-state index in [1.54, 1.807) is 0 Å². The quantitative estimate of drug-likeness (QED) is 0.160. The number of hydrogen-bond donors (Lipinski definition) is 2. The highest BCUT2D eigenvalue weighted by Crippen LogP contribution is 2.14. The van der Waals surface area contributed by atoms with Gasteiger partial charge in [-0.05, 0) is 18.6 Å². The second-order valence-corrected chi connectivity index (χ2v) is 7.81. The SMILES string of the molecule is CCCCCCCCCCCCCCCCCCC(O)CC(O)=S.[AlH3]. The molecule has 0 saturated heterocycles. The van der Waals surface area contributed by atoms with Crippen molar-refractivity contribution in [1.82, 2.24) is 0 Å². The van der Waals surface area contributed by atoms with Crippen LogP contribution in [0.2, 0.25) is 0 Å². The van der Waals surface area contributed by atoms with Crippen molar-refractivity contribution in [3.63, 3.8) is 0 Å². The Morgan fingerprint density at radius 2 is 1.00 bits per heavy atom. The Balaban J connectivity index is 0. The molecule has 0 saturated carbocycles. The molecule has 25 heavy (non-hydrogen) atoms. The highest BCUT2D eigenvalue weighted by atomic mass is 32.1. The number of unbranched alkanes of at least 4 members (excludes halogenated alkanes) is 15. The van der Waals surface area contributed by atoms with Crippen molar-refractivity contribution in [3.8, 4) is 0 Å². The summed E-state index contributed by atoms with van der Waals surface area (Å²) < 4.78 is 0. The van der Waals surface area contributed by atoms with E-state index in [-0.39, 0.29) is 28.8 Å². The Morgan fingerprint density at radius 1 is 0.680 bits per heavy atom. The third-order valence-electron chi connectivity index (χ3n) is 4.80. The van der Waals surface area contributed by atoms with E-state index in [0.29, 0.717) is 0 Å². The van der Waals surface area contributed by atoms with Crippen LogP contribution in [0, 0.1) is 0 Å². The maximum atomic E-state index is 9.59. The topological polar surface area (TPSA) is 40.5 Å². The lowest BCUT2D eigenvalue weighted by Gasteiger charge is -2.08. The van der Waals surface area contributed by atoms with Gasteiger partial charge >= 0.3 is 0 Å². The highest BCUT2D eigenvalue weighted by molar-refractivity contribution is 7.80. The van der Waals surface area contributed by atoms with E-state index in [2.05, 4.69) is 19.1 Å². The van der Waals surface area contributed by atoms with Crippen LogP contribution < -0.4 is 0 Å². The highest BCUT2D eigenvalue weighted by Gasteiger charge is 2.05. The van der Waals surface area contributed by atoms with Gasteiger partial charge in [-0.1, -0.05) is 110 Å². The van der Waals surface area contributed by atoms with Gasteiger partial charge in [-0.3, -0.25) is 0 Å². The summed E-state index contributed by atoms with van der Waals surface area (Å²) in [5.74, 6) is 0. The van der Waals surface area contributed by atoms with Crippen molar-refractivity contribution >= 4 is 34.6 Å². The third kappa shape index (κ3) is 24.4. The summed E-state index contributed by atoms with van der Waals surface area (Å²) in [7, 11) is 0. The van der Waals surface area contributed by atoms with Crippen LogP contribution in [-0.2, 0) is 0 Å². The van der Waals surface area contributed by atoms with Gasteiger partial charge in [-0.25, -0.2) is 0 Å². The van der Waals surface area contributed by atoms with Gasteiger partial charge in [-0.15, -0.1) is 0 Å². The van der Waals surface area contributed by atoms with Crippen LogP contribution in [-0.4, -0.2) is 38.7 Å². The molecule has 0 rings (SSSR count). The van der Waals surface area contributed by atoms with E-state index in [9.17, 15) is 5.11 Å². The maximum absolute atomic E-state index is 9.59. The standard InChI is InChI=1S/C21H42O2S.Al.3H/c1-2-3-4-5-6-7-8-9-10-11-12-13-14-15-16-17-18-20(22)19-21(23)24;;;;/h20,22H,2-19H2,1H3,(H,23,24);;;;. The number of aliphatic hydroxyl groups excluding tert-OH is 2. The van der Waals surface area contributed by atoms with Crippen molar-refractivity contribution in [2.24, 2.45) is 0 Å². The van der Waals surface area contributed by atoms with Crippen LogP contribution in [0.3, 0.4) is 0 Å². The molecular formula is C21H45AlO2S. The normalized spacial score (nSPS) is 11.9. The maximum Gasteiger partial charge on any atom is 0.187 e. The molecular weight excluding hydrogens is 343 g/mol. The minimum absolute atomic E-state index is 0. The fourth-order valence-electron chi connectivity index (χ4n) is 3.23. The van der Waals surface area contributed by atoms with Gasteiger partial charge in [0.05, 0.1) is 6.10 Å².